The number of hydrogen-bond acceptors (Lipinski definition) is 3. The molecule has 2 N–H and O–H groups in total. The van der Waals surface area contributed by atoms with Gasteiger partial charge in [0.25, 0.3) is 0 Å². The molecule has 2 rings (SSSR count). The molecule has 14 heavy (non-hydrogen) atoms. The van der Waals surface area contributed by atoms with Crippen molar-refractivity contribution in [2.24, 2.45) is 0 Å². The standard InChI is InChI=1S/C10H12N4/c1-7-6-14(8(2)13-7)10-4-3-9(11)5-12-10/h3-6H,11H2,1-2H3. The van der Waals surface area contributed by atoms with Gasteiger partial charge < -0.3 is 5.73 Å². The zero-order chi connectivity index (χ0) is 10.1. The van der Waals surface area contributed by atoms with Gasteiger partial charge in [0, 0.05) is 6.20 Å². The van der Waals surface area contributed by atoms with Crippen molar-refractivity contribution in [2.45, 2.75) is 13.8 Å². The van der Waals surface area contributed by atoms with E-state index in [1.807, 2.05) is 36.7 Å². The van der Waals surface area contributed by atoms with Gasteiger partial charge in [0.05, 0.1) is 17.6 Å². The maximum Gasteiger partial charge on any atom is 0.138 e. The Kier molecular flexibility index (Phi) is 1.96. The molecule has 0 saturated carbocycles. The van der Waals surface area contributed by atoms with Gasteiger partial charge in [0.2, 0.25) is 0 Å². The fourth-order valence-electron chi connectivity index (χ4n) is 1.39. The third-order valence-electron chi connectivity index (χ3n) is 2.02. The lowest BCUT2D eigenvalue weighted by Crippen LogP contribution is -1.98. The first kappa shape index (κ1) is 8.74. The van der Waals surface area contributed by atoms with E-state index in [1.165, 1.54) is 0 Å². The molecule has 2 aromatic heterocycles. The van der Waals surface area contributed by atoms with E-state index in [4.69, 9.17) is 5.73 Å². The van der Waals surface area contributed by atoms with Crippen LogP contribution in [0.3, 0.4) is 0 Å². The van der Waals surface area contributed by atoms with Gasteiger partial charge in [-0.25, -0.2) is 9.97 Å². The Morgan fingerprint density at radius 2 is 2.07 bits per heavy atom. The summed E-state index contributed by atoms with van der Waals surface area (Å²) < 4.78 is 1.94. The first-order chi connectivity index (χ1) is 6.66. The van der Waals surface area contributed by atoms with Crippen molar-refractivity contribution >= 4 is 5.69 Å². The highest BCUT2D eigenvalue weighted by atomic mass is 15.1. The number of aryl methyl sites for hydroxylation is 2. The number of pyridine rings is 1. The van der Waals surface area contributed by atoms with Crippen molar-refractivity contribution in [3.05, 3.63) is 36.0 Å². The van der Waals surface area contributed by atoms with Gasteiger partial charge >= 0.3 is 0 Å². The van der Waals surface area contributed by atoms with Crippen molar-refractivity contribution in [1.29, 1.82) is 0 Å². The van der Waals surface area contributed by atoms with Crippen LogP contribution >= 0.6 is 0 Å². The molecule has 0 aliphatic heterocycles. The zero-order valence-electron chi connectivity index (χ0n) is 8.23. The number of rotatable bonds is 1. The Labute approximate surface area is 82.4 Å². The quantitative estimate of drug-likeness (QED) is 0.737. The second-order valence-corrected chi connectivity index (χ2v) is 3.25. The molecule has 0 unspecified atom stereocenters. The highest BCUT2D eigenvalue weighted by molar-refractivity contribution is 5.39. The predicted octanol–water partition coefficient (Wildman–Crippen LogP) is 1.47. The highest BCUT2D eigenvalue weighted by Gasteiger charge is 2.03. The van der Waals surface area contributed by atoms with Crippen molar-refractivity contribution in [3.63, 3.8) is 0 Å². The van der Waals surface area contributed by atoms with Gasteiger partial charge in [-0.2, -0.15) is 0 Å². The van der Waals surface area contributed by atoms with Gasteiger partial charge in [-0.15, -0.1) is 0 Å². The third-order valence-corrected chi connectivity index (χ3v) is 2.02. The fraction of sp³-hybridized carbons (Fsp3) is 0.200. The van der Waals surface area contributed by atoms with Gasteiger partial charge in [0.1, 0.15) is 11.6 Å². The summed E-state index contributed by atoms with van der Waals surface area (Å²) in [5.74, 6) is 1.78. The topological polar surface area (TPSA) is 56.7 Å². The maximum atomic E-state index is 5.56. The first-order valence-corrected chi connectivity index (χ1v) is 4.41. The van der Waals surface area contributed by atoms with Crippen LogP contribution in [0, 0.1) is 13.8 Å². The molecule has 0 saturated heterocycles. The highest BCUT2D eigenvalue weighted by Crippen LogP contribution is 2.10. The molecule has 0 aromatic carbocycles. The number of aromatic nitrogens is 3. The van der Waals surface area contributed by atoms with Crippen LogP contribution in [0.15, 0.2) is 24.5 Å². The van der Waals surface area contributed by atoms with Gasteiger partial charge in [0.15, 0.2) is 0 Å². The molecular formula is C10H12N4. The van der Waals surface area contributed by atoms with E-state index in [0.717, 1.165) is 17.3 Å². The molecule has 0 radical (unpaired) electrons. The Morgan fingerprint density at radius 3 is 2.57 bits per heavy atom. The molecule has 0 fully saturated rings. The van der Waals surface area contributed by atoms with Gasteiger partial charge in [-0.3, -0.25) is 4.57 Å². The Balaban J connectivity index is 2.49. The van der Waals surface area contributed by atoms with Crippen LogP contribution in [0.4, 0.5) is 5.69 Å². The summed E-state index contributed by atoms with van der Waals surface area (Å²) in [6, 6.07) is 3.71. The number of anilines is 1. The third kappa shape index (κ3) is 1.46. The summed E-state index contributed by atoms with van der Waals surface area (Å²) in [5.41, 5.74) is 7.22. The number of hydrogen-bond donors (Lipinski definition) is 1. The van der Waals surface area contributed by atoms with E-state index in [-0.39, 0.29) is 0 Å². The average molecular weight is 188 g/mol. The molecule has 0 spiro atoms. The number of nitrogen functional groups attached to an aromatic ring is 1. The molecule has 0 aliphatic rings. The zero-order valence-corrected chi connectivity index (χ0v) is 8.23. The molecule has 4 heteroatoms. The molecule has 0 aliphatic carbocycles. The number of imidazole rings is 1. The van der Waals surface area contributed by atoms with Crippen LogP contribution in [0.5, 0.6) is 0 Å². The molecule has 72 valence electrons. The summed E-state index contributed by atoms with van der Waals surface area (Å²) in [6.07, 6.45) is 3.60. The largest absolute Gasteiger partial charge is 0.397 e. The lowest BCUT2D eigenvalue weighted by atomic mass is 10.4. The van der Waals surface area contributed by atoms with E-state index in [9.17, 15) is 0 Å². The van der Waals surface area contributed by atoms with Crippen LogP contribution in [0.25, 0.3) is 5.82 Å². The second-order valence-electron chi connectivity index (χ2n) is 3.25. The fourth-order valence-corrected chi connectivity index (χ4v) is 1.39. The van der Waals surface area contributed by atoms with Crippen LogP contribution in [0.2, 0.25) is 0 Å². The van der Waals surface area contributed by atoms with Crippen molar-refractivity contribution in [2.75, 3.05) is 5.73 Å². The van der Waals surface area contributed by atoms with Crippen molar-refractivity contribution < 1.29 is 0 Å². The minimum absolute atomic E-state index is 0.670. The lowest BCUT2D eigenvalue weighted by Gasteiger charge is -2.02. The summed E-state index contributed by atoms with van der Waals surface area (Å²) in [5, 5.41) is 0. The van der Waals surface area contributed by atoms with Gasteiger partial charge in [-0.05, 0) is 26.0 Å². The number of nitrogens with zero attached hydrogens (tertiary/aromatic N) is 3. The van der Waals surface area contributed by atoms with E-state index in [2.05, 4.69) is 9.97 Å². The Morgan fingerprint density at radius 1 is 1.29 bits per heavy atom. The molecule has 4 nitrogen and oxygen atoms in total. The van der Waals surface area contributed by atoms with E-state index < -0.39 is 0 Å². The van der Waals surface area contributed by atoms with Crippen molar-refractivity contribution in [3.8, 4) is 5.82 Å². The predicted molar refractivity (Wildman–Crippen MR) is 55.2 cm³/mol. The molecule has 0 atom stereocenters. The normalized spacial score (nSPS) is 10.4. The summed E-state index contributed by atoms with van der Waals surface area (Å²) in [4.78, 5) is 8.52. The Hall–Kier alpha value is -1.84. The SMILES string of the molecule is Cc1cn(-c2ccc(N)cn2)c(C)n1. The molecule has 2 aromatic rings. The van der Waals surface area contributed by atoms with Crippen LogP contribution in [0.1, 0.15) is 11.5 Å². The minimum Gasteiger partial charge on any atom is -0.397 e. The Bertz CT molecular complexity index is 442. The minimum atomic E-state index is 0.670. The van der Waals surface area contributed by atoms with E-state index >= 15 is 0 Å². The maximum absolute atomic E-state index is 5.56. The molecule has 2 heterocycles. The average Bonchev–Trinajstić information content (AvgIpc) is 2.47. The molecular weight excluding hydrogens is 176 g/mol. The second kappa shape index (κ2) is 3.14. The smallest absolute Gasteiger partial charge is 0.138 e. The molecule has 0 amide bonds. The molecule has 0 bridgehead atoms. The van der Waals surface area contributed by atoms with Crippen LogP contribution in [-0.4, -0.2) is 14.5 Å². The summed E-state index contributed by atoms with van der Waals surface area (Å²) in [6.45, 7) is 3.91. The van der Waals surface area contributed by atoms with Crippen molar-refractivity contribution in [1.82, 2.24) is 14.5 Å². The number of nitrogens with two attached hydrogens (primary N) is 1. The monoisotopic (exact) mass is 188 g/mol. The lowest BCUT2D eigenvalue weighted by molar-refractivity contribution is 0.933. The first-order valence-electron chi connectivity index (χ1n) is 4.41. The van der Waals surface area contributed by atoms with E-state index in [0.29, 0.717) is 5.69 Å². The van der Waals surface area contributed by atoms with Crippen LogP contribution in [-0.2, 0) is 0 Å². The van der Waals surface area contributed by atoms with Crippen LogP contribution < -0.4 is 5.73 Å². The summed E-state index contributed by atoms with van der Waals surface area (Å²) in [7, 11) is 0. The van der Waals surface area contributed by atoms with E-state index in [1.54, 1.807) is 6.20 Å². The summed E-state index contributed by atoms with van der Waals surface area (Å²) >= 11 is 0. The van der Waals surface area contributed by atoms with Gasteiger partial charge in [-0.1, -0.05) is 0 Å².